The topological polar surface area (TPSA) is 237 Å². The molecule has 0 radical (unpaired) electrons. The van der Waals surface area contributed by atoms with Crippen LogP contribution in [0.2, 0.25) is 0 Å². The van der Waals surface area contributed by atoms with Gasteiger partial charge in [-0.15, -0.1) is 0 Å². The molecule has 0 spiro atoms. The Morgan fingerprint density at radius 1 is 0.274 bits per heavy atom. The maximum Gasteiger partial charge on any atom is 0.472 e. The van der Waals surface area contributed by atoms with Gasteiger partial charge in [0.25, 0.3) is 0 Å². The van der Waals surface area contributed by atoms with Gasteiger partial charge in [-0.1, -0.05) is 281 Å². The summed E-state index contributed by atoms with van der Waals surface area (Å²) in [5.41, 5.74) is 0. The van der Waals surface area contributed by atoms with E-state index in [0.29, 0.717) is 32.1 Å². The molecule has 19 heteroatoms. The van der Waals surface area contributed by atoms with Crippen LogP contribution in [-0.4, -0.2) is 96.7 Å². The molecule has 0 aromatic heterocycles. The molecule has 17 nitrogen and oxygen atoms in total. The molecule has 0 amide bonds. The number of phosphoric ester groups is 2. The first-order chi connectivity index (χ1) is 51.7. The second-order valence-electron chi connectivity index (χ2n) is 26.2. The number of hydrogen-bond acceptors (Lipinski definition) is 15. The highest BCUT2D eigenvalue weighted by molar-refractivity contribution is 7.47. The van der Waals surface area contributed by atoms with E-state index in [1.807, 2.05) is 18.2 Å². The molecule has 3 N–H and O–H groups in total. The monoisotopic (exact) mass is 1520 g/mol. The second kappa shape index (κ2) is 77.6. The molecule has 602 valence electrons. The summed E-state index contributed by atoms with van der Waals surface area (Å²) in [5.74, 6) is -2.33. The fourth-order valence-corrected chi connectivity index (χ4v) is 11.7. The second-order valence-corrected chi connectivity index (χ2v) is 29.1. The van der Waals surface area contributed by atoms with E-state index in [4.69, 9.17) is 37.0 Å². The van der Waals surface area contributed by atoms with Crippen molar-refractivity contribution in [3.05, 3.63) is 170 Å². The third kappa shape index (κ3) is 76.6. The van der Waals surface area contributed by atoms with Crippen molar-refractivity contribution in [1.29, 1.82) is 0 Å². The molecule has 0 rings (SSSR count). The zero-order valence-corrected chi connectivity index (χ0v) is 67.6. The summed E-state index contributed by atoms with van der Waals surface area (Å²) in [5, 5.41) is 10.6. The van der Waals surface area contributed by atoms with Gasteiger partial charge in [0, 0.05) is 25.7 Å². The molecular formula is C87H142O17P2. The summed E-state index contributed by atoms with van der Waals surface area (Å²) in [7, 11) is -10.0. The van der Waals surface area contributed by atoms with E-state index in [9.17, 15) is 43.2 Å². The fraction of sp³-hybridized carbons (Fsp3) is 0.632. The van der Waals surface area contributed by atoms with Crippen LogP contribution in [0.25, 0.3) is 0 Å². The van der Waals surface area contributed by atoms with Crippen LogP contribution < -0.4 is 0 Å². The van der Waals surface area contributed by atoms with E-state index in [1.54, 1.807) is 0 Å². The molecule has 0 aliphatic carbocycles. The minimum absolute atomic E-state index is 0.0244. The number of aliphatic hydroxyl groups excluding tert-OH is 1. The molecule has 0 aromatic rings. The van der Waals surface area contributed by atoms with Crippen LogP contribution in [0.3, 0.4) is 0 Å². The molecule has 5 unspecified atom stereocenters. The molecule has 0 aromatic carbocycles. The average molecular weight is 1520 g/mol. The highest BCUT2D eigenvalue weighted by Gasteiger charge is 2.30. The largest absolute Gasteiger partial charge is 0.472 e. The molecule has 106 heavy (non-hydrogen) atoms. The van der Waals surface area contributed by atoms with Crippen molar-refractivity contribution in [3.8, 4) is 0 Å². The van der Waals surface area contributed by atoms with Crippen LogP contribution in [0.4, 0.5) is 0 Å². The van der Waals surface area contributed by atoms with Crippen molar-refractivity contribution >= 4 is 39.5 Å². The van der Waals surface area contributed by atoms with E-state index >= 15 is 0 Å². The Bertz CT molecular complexity index is 2680. The summed E-state index contributed by atoms with van der Waals surface area (Å²) in [6, 6.07) is 0. The number of ether oxygens (including phenoxy) is 4. The Hall–Kier alpha value is -5.58. The summed E-state index contributed by atoms with van der Waals surface area (Å²) in [6.45, 7) is 4.38. The Morgan fingerprint density at radius 3 is 0.821 bits per heavy atom. The molecule has 0 fully saturated rings. The lowest BCUT2D eigenvalue weighted by Crippen LogP contribution is -2.30. The summed E-state index contributed by atoms with van der Waals surface area (Å²) < 4.78 is 68.5. The normalized spacial score (nSPS) is 14.7. The first kappa shape index (κ1) is 100. The lowest BCUT2D eigenvalue weighted by Gasteiger charge is -2.21. The van der Waals surface area contributed by atoms with Crippen molar-refractivity contribution in [2.45, 2.75) is 316 Å². The van der Waals surface area contributed by atoms with Crippen LogP contribution in [0.1, 0.15) is 297 Å². The van der Waals surface area contributed by atoms with E-state index in [-0.39, 0.29) is 25.7 Å². The predicted molar refractivity (Wildman–Crippen MR) is 436 cm³/mol. The lowest BCUT2D eigenvalue weighted by molar-refractivity contribution is -0.161. The average Bonchev–Trinajstić information content (AvgIpc) is 0.907. The number of allylic oxidation sites excluding steroid dienone is 28. The van der Waals surface area contributed by atoms with Gasteiger partial charge >= 0.3 is 39.5 Å². The Balaban J connectivity index is 5.47. The maximum absolute atomic E-state index is 13.1. The number of carbonyl (C=O) groups is 4. The van der Waals surface area contributed by atoms with Crippen LogP contribution in [0.5, 0.6) is 0 Å². The van der Waals surface area contributed by atoms with Gasteiger partial charge in [0.1, 0.15) is 19.3 Å². The third-order valence-corrected chi connectivity index (χ3v) is 18.1. The highest BCUT2D eigenvalue weighted by atomic mass is 31.2. The van der Waals surface area contributed by atoms with Gasteiger partial charge in [0.2, 0.25) is 0 Å². The number of esters is 4. The van der Waals surface area contributed by atoms with Crippen LogP contribution in [0, 0.1) is 0 Å². The predicted octanol–water partition coefficient (Wildman–Crippen LogP) is 23.8. The van der Waals surface area contributed by atoms with Gasteiger partial charge < -0.3 is 33.8 Å². The molecule has 0 aliphatic heterocycles. The van der Waals surface area contributed by atoms with Crippen molar-refractivity contribution in [3.63, 3.8) is 0 Å². The minimum atomic E-state index is -5.01. The molecule has 0 heterocycles. The van der Waals surface area contributed by atoms with Crippen LogP contribution in [0.15, 0.2) is 170 Å². The Kier molecular flexibility index (Phi) is 73.5. The summed E-state index contributed by atoms with van der Waals surface area (Å²) in [4.78, 5) is 73.0. The van der Waals surface area contributed by atoms with Gasteiger partial charge in [0.05, 0.1) is 26.4 Å². The first-order valence-corrected chi connectivity index (χ1v) is 43.4. The van der Waals surface area contributed by atoms with Gasteiger partial charge in [0.15, 0.2) is 12.2 Å². The smallest absolute Gasteiger partial charge is 0.462 e. The van der Waals surface area contributed by atoms with Gasteiger partial charge in [-0.05, 0) is 161 Å². The van der Waals surface area contributed by atoms with E-state index in [0.717, 1.165) is 186 Å². The highest BCUT2D eigenvalue weighted by Crippen LogP contribution is 2.45. The minimum Gasteiger partial charge on any atom is -0.462 e. The summed E-state index contributed by atoms with van der Waals surface area (Å²) in [6.07, 6.45) is 92.0. The molecule has 5 atom stereocenters. The SMILES string of the molecule is CC/C=C\C/C=C\C/C=C\C/C=C\C/C=C\C/C=C\CCC(=O)OCC(COP(=O)(O)OCC(O)COP(=O)(O)OCC(COC(=O)CCCCCCCCC/C=C\C/C=C\C/C=C\CC)OC(=O)CCCCCCC/C=C\CCCCCC)OC(=O)CCCCCC/C=C\C/C=C\C/C=C\C/C=C\CC. The third-order valence-electron chi connectivity index (χ3n) is 16.2. The van der Waals surface area contributed by atoms with E-state index < -0.39 is 97.5 Å². The first-order valence-electron chi connectivity index (χ1n) is 40.4. The zero-order valence-electron chi connectivity index (χ0n) is 65.8. The van der Waals surface area contributed by atoms with Crippen LogP contribution in [-0.2, 0) is 65.4 Å². The van der Waals surface area contributed by atoms with Gasteiger partial charge in [-0.25, -0.2) is 9.13 Å². The molecule has 0 bridgehead atoms. The lowest BCUT2D eigenvalue weighted by atomic mass is 10.1. The number of phosphoric acid groups is 2. The Morgan fingerprint density at radius 2 is 0.509 bits per heavy atom. The quantitative estimate of drug-likeness (QED) is 0.0169. The maximum atomic E-state index is 13.1. The number of hydrogen-bond donors (Lipinski definition) is 3. The molecule has 0 saturated carbocycles. The van der Waals surface area contributed by atoms with Crippen molar-refractivity contribution in [2.24, 2.45) is 0 Å². The van der Waals surface area contributed by atoms with Gasteiger partial charge in [-0.2, -0.15) is 0 Å². The van der Waals surface area contributed by atoms with Crippen LogP contribution >= 0.6 is 15.6 Å². The van der Waals surface area contributed by atoms with Gasteiger partial charge in [-0.3, -0.25) is 37.3 Å². The number of carbonyl (C=O) groups excluding carboxylic acids is 4. The Labute approximate surface area is 642 Å². The van der Waals surface area contributed by atoms with Crippen molar-refractivity contribution < 1.29 is 80.2 Å². The number of rotatable bonds is 74. The summed E-state index contributed by atoms with van der Waals surface area (Å²) >= 11 is 0. The number of unbranched alkanes of at least 4 members (excludes halogenated alkanes) is 20. The standard InChI is InChI=1S/C87H142O17P2/c1-5-9-13-17-21-25-29-33-36-39-40-43-45-49-52-56-60-64-68-72-85(90)98-78-83(104-87(92)74-70-66-62-58-54-50-46-42-38-35-31-27-23-19-15-11-7-3)80-102-106(95,96)100-76-81(88)75-99-105(93,94)101-79-82(103-86(91)73-69-65-61-57-53-47-32-28-24-20-16-12-8-4)77-97-84(89)71-67-63-59-55-51-48-44-41-37-34-30-26-22-18-14-10-6-2/h9-11,13-15,21-23,25-28,32-38,40,43,46,49-50,52,60,64,81-83,88H,5-8,12,16-20,24,29-31,39,41-42,44-45,47-48,51,53-59,61-63,65-80H2,1-4H3,(H,93,94)(H,95,96)/b13-9-,14-10-,15-11-,25-21-,26-22-,27-23-,32-28-,36-33-,37-34-,38-35-,43-40-,50-46-,52-49-,64-60-. The zero-order chi connectivity index (χ0) is 77.4. The molecule has 0 saturated heterocycles. The van der Waals surface area contributed by atoms with E-state index in [1.165, 1.54) is 25.7 Å². The van der Waals surface area contributed by atoms with E-state index in [2.05, 4.69) is 180 Å². The molecule has 0 aliphatic rings. The van der Waals surface area contributed by atoms with Crippen molar-refractivity contribution in [2.75, 3.05) is 39.6 Å². The molecular weight excluding hydrogens is 1380 g/mol. The fourth-order valence-electron chi connectivity index (χ4n) is 10.1. The van der Waals surface area contributed by atoms with Crippen molar-refractivity contribution in [1.82, 2.24) is 0 Å². The number of aliphatic hydroxyl groups is 1.